The van der Waals surface area contributed by atoms with Crippen molar-refractivity contribution < 1.29 is 19.1 Å². The van der Waals surface area contributed by atoms with Crippen LogP contribution in [0.25, 0.3) is 0 Å². The largest absolute Gasteiger partial charge is 0.482 e. The molecule has 0 bridgehead atoms. The van der Waals surface area contributed by atoms with E-state index in [1.54, 1.807) is 48.6 Å². The average molecular weight is 409 g/mol. The minimum Gasteiger partial charge on any atom is -0.482 e. The molecule has 0 saturated carbocycles. The van der Waals surface area contributed by atoms with Gasteiger partial charge in [-0.2, -0.15) is 0 Å². The molecule has 2 aliphatic rings. The van der Waals surface area contributed by atoms with E-state index >= 15 is 0 Å². The second-order valence-corrected chi connectivity index (χ2v) is 7.26. The van der Waals surface area contributed by atoms with E-state index in [9.17, 15) is 14.4 Å². The first-order chi connectivity index (χ1) is 14.5. The summed E-state index contributed by atoms with van der Waals surface area (Å²) in [5.41, 5.74) is 1.04. The third-order valence-corrected chi connectivity index (χ3v) is 5.40. The second kappa shape index (κ2) is 8.48. The number of aromatic nitrogens is 2. The van der Waals surface area contributed by atoms with Gasteiger partial charge in [0.05, 0.1) is 5.69 Å². The van der Waals surface area contributed by atoms with Crippen LogP contribution in [0.2, 0.25) is 0 Å². The van der Waals surface area contributed by atoms with E-state index in [-0.39, 0.29) is 37.0 Å². The lowest BCUT2D eigenvalue weighted by Crippen LogP contribution is -2.49. The number of ether oxygens (including phenoxy) is 1. The molecule has 0 radical (unpaired) electrons. The van der Waals surface area contributed by atoms with Gasteiger partial charge < -0.3 is 19.4 Å². The van der Waals surface area contributed by atoms with E-state index in [1.165, 1.54) is 4.90 Å². The number of nitrogens with zero attached hydrogens (tertiary/aromatic N) is 5. The third-order valence-electron chi connectivity index (χ3n) is 5.40. The van der Waals surface area contributed by atoms with Crippen molar-refractivity contribution in [3.63, 3.8) is 0 Å². The van der Waals surface area contributed by atoms with E-state index < -0.39 is 0 Å². The van der Waals surface area contributed by atoms with Gasteiger partial charge in [-0.1, -0.05) is 0 Å². The van der Waals surface area contributed by atoms with Crippen LogP contribution in [0.5, 0.6) is 5.75 Å². The molecule has 9 nitrogen and oxygen atoms in total. The molecule has 1 aromatic heterocycles. The van der Waals surface area contributed by atoms with Gasteiger partial charge in [-0.05, 0) is 24.3 Å². The molecule has 4 rings (SSSR count). The number of carbonyl (C=O) groups excluding carboxylic acids is 3. The van der Waals surface area contributed by atoms with Crippen LogP contribution >= 0.6 is 0 Å². The van der Waals surface area contributed by atoms with Crippen molar-refractivity contribution in [1.82, 2.24) is 14.9 Å². The van der Waals surface area contributed by atoms with Gasteiger partial charge in [0.2, 0.25) is 11.9 Å². The smallest absolute Gasteiger partial charge is 0.264 e. The van der Waals surface area contributed by atoms with Crippen LogP contribution in [0.1, 0.15) is 23.2 Å². The van der Waals surface area contributed by atoms with E-state index in [0.29, 0.717) is 49.1 Å². The van der Waals surface area contributed by atoms with Crippen LogP contribution in [0.3, 0.4) is 0 Å². The first kappa shape index (κ1) is 19.8. The van der Waals surface area contributed by atoms with Crippen molar-refractivity contribution in [2.75, 3.05) is 49.6 Å². The molecule has 1 fully saturated rings. The molecule has 156 valence electrons. The molecule has 0 atom stereocenters. The molecule has 0 unspecified atom stereocenters. The van der Waals surface area contributed by atoms with Crippen molar-refractivity contribution >= 4 is 29.2 Å². The molecule has 0 aliphatic carbocycles. The number of amides is 2. The van der Waals surface area contributed by atoms with Gasteiger partial charge in [0.1, 0.15) is 5.75 Å². The highest BCUT2D eigenvalue weighted by atomic mass is 16.5. The number of hydrogen-bond donors (Lipinski definition) is 0. The molecule has 2 aliphatic heterocycles. The lowest BCUT2D eigenvalue weighted by molar-refractivity contribution is -0.131. The quantitative estimate of drug-likeness (QED) is 0.684. The summed E-state index contributed by atoms with van der Waals surface area (Å²) >= 11 is 0. The first-order valence-electron chi connectivity index (χ1n) is 9.89. The molecule has 30 heavy (non-hydrogen) atoms. The summed E-state index contributed by atoms with van der Waals surface area (Å²) in [5, 5.41) is 0. The van der Waals surface area contributed by atoms with Crippen LogP contribution in [0.4, 0.5) is 11.6 Å². The van der Waals surface area contributed by atoms with Crippen LogP contribution in [-0.2, 0) is 9.59 Å². The predicted octanol–water partition coefficient (Wildman–Crippen LogP) is 1.14. The summed E-state index contributed by atoms with van der Waals surface area (Å²) in [7, 11) is 1.65. The number of Topliss-reactive ketones (excluding diaryl/α,β-unsaturated/α-hetero) is 1. The molecule has 9 heteroatoms. The zero-order valence-corrected chi connectivity index (χ0v) is 16.8. The van der Waals surface area contributed by atoms with Gasteiger partial charge in [0, 0.05) is 64.0 Å². The number of piperazine rings is 1. The highest BCUT2D eigenvalue weighted by molar-refractivity contribution is 6.02. The van der Waals surface area contributed by atoms with Crippen molar-refractivity contribution in [3.8, 4) is 5.75 Å². The van der Waals surface area contributed by atoms with Crippen molar-refractivity contribution in [2.24, 2.45) is 0 Å². The number of benzene rings is 1. The van der Waals surface area contributed by atoms with Crippen molar-refractivity contribution in [1.29, 1.82) is 0 Å². The van der Waals surface area contributed by atoms with Crippen molar-refractivity contribution in [3.05, 3.63) is 42.2 Å². The normalized spacial score (nSPS) is 16.2. The van der Waals surface area contributed by atoms with Gasteiger partial charge in [-0.3, -0.25) is 14.4 Å². The predicted molar refractivity (Wildman–Crippen MR) is 110 cm³/mol. The van der Waals surface area contributed by atoms with Gasteiger partial charge in [-0.25, -0.2) is 9.97 Å². The van der Waals surface area contributed by atoms with Gasteiger partial charge in [-0.15, -0.1) is 0 Å². The minimum atomic E-state index is -0.165. The maximum absolute atomic E-state index is 12.6. The molecular formula is C21H23N5O4. The number of carbonyl (C=O) groups is 3. The topological polar surface area (TPSA) is 95.9 Å². The Morgan fingerprint density at radius 3 is 2.53 bits per heavy atom. The van der Waals surface area contributed by atoms with E-state index in [2.05, 4.69) is 9.97 Å². The van der Waals surface area contributed by atoms with Gasteiger partial charge in [0.25, 0.3) is 5.91 Å². The molecule has 0 spiro atoms. The van der Waals surface area contributed by atoms with Crippen molar-refractivity contribution in [2.45, 2.75) is 12.8 Å². The summed E-state index contributed by atoms with van der Waals surface area (Å²) in [6, 6.07) is 6.79. The lowest BCUT2D eigenvalue weighted by atomic mass is 10.0. The summed E-state index contributed by atoms with van der Waals surface area (Å²) in [6.07, 6.45) is 3.68. The molecule has 0 N–H and O–H groups in total. The number of anilines is 2. The highest BCUT2D eigenvalue weighted by Gasteiger charge is 2.25. The first-order valence-corrected chi connectivity index (χ1v) is 9.89. The third kappa shape index (κ3) is 4.10. The molecule has 2 aromatic rings. The molecule has 1 saturated heterocycles. The Bertz CT molecular complexity index is 957. The summed E-state index contributed by atoms with van der Waals surface area (Å²) in [5.74, 6) is 0.909. The van der Waals surface area contributed by atoms with Crippen LogP contribution in [0, 0.1) is 0 Å². The zero-order chi connectivity index (χ0) is 21.1. The van der Waals surface area contributed by atoms with Crippen LogP contribution in [0.15, 0.2) is 36.7 Å². The van der Waals surface area contributed by atoms with Crippen LogP contribution in [-0.4, -0.2) is 72.3 Å². The summed E-state index contributed by atoms with van der Waals surface area (Å²) in [6.45, 7) is 2.47. The maximum atomic E-state index is 12.6. The monoisotopic (exact) mass is 409 g/mol. The standard InChI is InChI=1S/C21H23N5O4/c1-24-16-13-15(3-5-18(16)30-14-20(24)29)17(27)4-6-19(28)25-9-11-26(12-10-25)21-22-7-2-8-23-21/h2-3,5,7-8,13H,4,6,9-12,14H2,1H3. The number of fused-ring (bicyclic) bond motifs is 1. The fourth-order valence-corrected chi connectivity index (χ4v) is 3.58. The zero-order valence-electron chi connectivity index (χ0n) is 16.8. The highest BCUT2D eigenvalue weighted by Crippen LogP contribution is 2.32. The Kier molecular flexibility index (Phi) is 5.60. The fourth-order valence-electron chi connectivity index (χ4n) is 3.58. The second-order valence-electron chi connectivity index (χ2n) is 7.26. The lowest BCUT2D eigenvalue weighted by Gasteiger charge is -2.34. The molecule has 1 aromatic carbocycles. The molecule has 2 amide bonds. The number of likely N-dealkylation sites (N-methyl/N-ethyl adjacent to an activating group) is 1. The summed E-state index contributed by atoms with van der Waals surface area (Å²) in [4.78, 5) is 50.7. The number of hydrogen-bond acceptors (Lipinski definition) is 7. The summed E-state index contributed by atoms with van der Waals surface area (Å²) < 4.78 is 5.38. The SMILES string of the molecule is CN1C(=O)COc2ccc(C(=O)CCC(=O)N3CCN(c4ncccn4)CC3)cc21. The maximum Gasteiger partial charge on any atom is 0.264 e. The Morgan fingerprint density at radius 1 is 1.07 bits per heavy atom. The molecule has 3 heterocycles. The Hall–Kier alpha value is -3.49. The van der Waals surface area contributed by atoms with E-state index in [4.69, 9.17) is 4.74 Å². The number of rotatable bonds is 5. The minimum absolute atomic E-state index is 0.00500. The Balaban J connectivity index is 1.30. The van der Waals surface area contributed by atoms with Gasteiger partial charge in [0.15, 0.2) is 12.4 Å². The van der Waals surface area contributed by atoms with Crippen LogP contribution < -0.4 is 14.5 Å². The fraction of sp³-hybridized carbons (Fsp3) is 0.381. The molecular weight excluding hydrogens is 386 g/mol. The van der Waals surface area contributed by atoms with E-state index in [1.807, 2.05) is 4.90 Å². The van der Waals surface area contributed by atoms with Gasteiger partial charge >= 0.3 is 0 Å². The Morgan fingerprint density at radius 2 is 1.80 bits per heavy atom. The average Bonchev–Trinajstić information content (AvgIpc) is 2.80. The number of ketones is 1. The Labute approximate surface area is 174 Å². The van der Waals surface area contributed by atoms with E-state index in [0.717, 1.165) is 0 Å².